The van der Waals surface area contributed by atoms with Gasteiger partial charge in [-0.25, -0.2) is 0 Å². The molecule has 0 saturated carbocycles. The van der Waals surface area contributed by atoms with Crippen molar-refractivity contribution in [3.8, 4) is 0 Å². The van der Waals surface area contributed by atoms with Crippen LogP contribution < -0.4 is 15.5 Å². The lowest BCUT2D eigenvalue weighted by Gasteiger charge is -2.27. The quantitative estimate of drug-likeness (QED) is 0.776. The lowest BCUT2D eigenvalue weighted by molar-refractivity contribution is -0.121. The fraction of sp³-hybridized carbons (Fsp3) is 0.318. The van der Waals surface area contributed by atoms with Crippen LogP contribution in [0.4, 0.5) is 11.4 Å². The number of nitrogens with one attached hydrogen (secondary N) is 2. The molecule has 2 aromatic carbocycles. The van der Waals surface area contributed by atoms with E-state index in [0.717, 1.165) is 24.1 Å². The summed E-state index contributed by atoms with van der Waals surface area (Å²) in [4.78, 5) is 37.9. The molecular formula is C22H25N3O3. The zero-order valence-corrected chi connectivity index (χ0v) is 15.8. The van der Waals surface area contributed by atoms with E-state index in [-0.39, 0.29) is 30.7 Å². The van der Waals surface area contributed by atoms with E-state index in [1.807, 2.05) is 48.5 Å². The minimum Gasteiger partial charge on any atom is -0.355 e. The number of carbonyl (C=O) groups is 3. The molecule has 3 rings (SSSR count). The van der Waals surface area contributed by atoms with Crippen molar-refractivity contribution < 1.29 is 14.4 Å². The van der Waals surface area contributed by atoms with Gasteiger partial charge in [-0.15, -0.1) is 0 Å². The van der Waals surface area contributed by atoms with Crippen LogP contribution in [0.25, 0.3) is 0 Å². The lowest BCUT2D eigenvalue weighted by Crippen LogP contribution is -2.35. The van der Waals surface area contributed by atoms with Gasteiger partial charge in [0, 0.05) is 37.3 Å². The Morgan fingerprint density at radius 2 is 1.79 bits per heavy atom. The molecule has 0 bridgehead atoms. The molecule has 1 aliphatic heterocycles. The van der Waals surface area contributed by atoms with Gasteiger partial charge in [-0.2, -0.15) is 0 Å². The van der Waals surface area contributed by atoms with E-state index in [4.69, 9.17) is 0 Å². The Morgan fingerprint density at radius 3 is 2.57 bits per heavy atom. The third kappa shape index (κ3) is 5.67. The van der Waals surface area contributed by atoms with Gasteiger partial charge in [0.2, 0.25) is 17.7 Å². The maximum atomic E-state index is 12.2. The second-order valence-corrected chi connectivity index (χ2v) is 6.86. The second-order valence-electron chi connectivity index (χ2n) is 6.86. The number of carbonyl (C=O) groups excluding carboxylic acids is 3. The molecule has 6 heteroatoms. The molecule has 0 unspecified atom stereocenters. The van der Waals surface area contributed by atoms with Crippen molar-refractivity contribution in [2.75, 3.05) is 23.3 Å². The topological polar surface area (TPSA) is 78.5 Å². The van der Waals surface area contributed by atoms with Crippen molar-refractivity contribution >= 4 is 29.1 Å². The molecule has 0 aromatic heterocycles. The molecule has 1 saturated heterocycles. The SMILES string of the molecule is O=C(Cc1ccccc1)NCCC(=O)Nc1cccc(N2CCCCC2=O)c1. The van der Waals surface area contributed by atoms with E-state index in [2.05, 4.69) is 10.6 Å². The standard InChI is InChI=1S/C22H25N3O3/c26-20(12-13-23-21(27)15-17-7-2-1-3-8-17)24-18-9-6-10-19(16-18)25-14-5-4-11-22(25)28/h1-3,6-10,16H,4-5,11-15H2,(H,23,27)(H,24,26). The Morgan fingerprint density at radius 1 is 0.964 bits per heavy atom. The Hall–Kier alpha value is -3.15. The van der Waals surface area contributed by atoms with Gasteiger partial charge in [0.15, 0.2) is 0 Å². The van der Waals surface area contributed by atoms with E-state index in [9.17, 15) is 14.4 Å². The third-order valence-electron chi connectivity index (χ3n) is 4.65. The number of piperidine rings is 1. The van der Waals surface area contributed by atoms with Crippen LogP contribution in [-0.4, -0.2) is 30.8 Å². The van der Waals surface area contributed by atoms with Crippen molar-refractivity contribution in [3.63, 3.8) is 0 Å². The Labute approximate surface area is 164 Å². The molecular weight excluding hydrogens is 354 g/mol. The van der Waals surface area contributed by atoms with Crippen LogP contribution in [0.3, 0.4) is 0 Å². The number of hydrogen-bond donors (Lipinski definition) is 2. The van der Waals surface area contributed by atoms with Crippen molar-refractivity contribution in [1.82, 2.24) is 5.32 Å². The summed E-state index contributed by atoms with van der Waals surface area (Å²) in [6.07, 6.45) is 2.98. The first kappa shape index (κ1) is 19.6. The van der Waals surface area contributed by atoms with Gasteiger partial charge in [0.05, 0.1) is 6.42 Å². The summed E-state index contributed by atoms with van der Waals surface area (Å²) in [5, 5.41) is 5.60. The van der Waals surface area contributed by atoms with Crippen molar-refractivity contribution in [2.24, 2.45) is 0 Å². The molecule has 0 aliphatic carbocycles. The summed E-state index contributed by atoms with van der Waals surface area (Å²) in [5.74, 6) is -0.164. The van der Waals surface area contributed by atoms with Gasteiger partial charge in [0.1, 0.15) is 0 Å². The van der Waals surface area contributed by atoms with Crippen LogP contribution in [-0.2, 0) is 20.8 Å². The van der Waals surface area contributed by atoms with Crippen LogP contribution in [0.2, 0.25) is 0 Å². The molecule has 2 N–H and O–H groups in total. The fourth-order valence-corrected chi connectivity index (χ4v) is 3.21. The molecule has 2 aromatic rings. The van der Waals surface area contributed by atoms with E-state index in [1.165, 1.54) is 0 Å². The largest absolute Gasteiger partial charge is 0.355 e. The van der Waals surface area contributed by atoms with Crippen molar-refractivity contribution in [3.05, 3.63) is 60.2 Å². The zero-order valence-electron chi connectivity index (χ0n) is 15.8. The molecule has 28 heavy (non-hydrogen) atoms. The van der Waals surface area contributed by atoms with Gasteiger partial charge in [-0.1, -0.05) is 36.4 Å². The van der Waals surface area contributed by atoms with Crippen LogP contribution in [0.5, 0.6) is 0 Å². The van der Waals surface area contributed by atoms with E-state index >= 15 is 0 Å². The monoisotopic (exact) mass is 379 g/mol. The molecule has 0 radical (unpaired) electrons. The average Bonchev–Trinajstić information content (AvgIpc) is 2.69. The predicted octanol–water partition coefficient (Wildman–Crippen LogP) is 2.89. The summed E-state index contributed by atoms with van der Waals surface area (Å²) < 4.78 is 0. The average molecular weight is 379 g/mol. The first-order valence-corrected chi connectivity index (χ1v) is 9.63. The van der Waals surface area contributed by atoms with Gasteiger partial charge in [-0.05, 0) is 36.6 Å². The predicted molar refractivity (Wildman–Crippen MR) is 109 cm³/mol. The molecule has 1 aliphatic rings. The van der Waals surface area contributed by atoms with Crippen LogP contribution in [0.1, 0.15) is 31.2 Å². The maximum absolute atomic E-state index is 12.2. The highest BCUT2D eigenvalue weighted by Crippen LogP contribution is 2.23. The van der Waals surface area contributed by atoms with Crippen molar-refractivity contribution in [1.29, 1.82) is 0 Å². The van der Waals surface area contributed by atoms with Gasteiger partial charge >= 0.3 is 0 Å². The van der Waals surface area contributed by atoms with Crippen LogP contribution in [0.15, 0.2) is 54.6 Å². The third-order valence-corrected chi connectivity index (χ3v) is 4.65. The Balaban J connectivity index is 1.45. The number of benzene rings is 2. The smallest absolute Gasteiger partial charge is 0.226 e. The van der Waals surface area contributed by atoms with Crippen molar-refractivity contribution in [2.45, 2.75) is 32.1 Å². The highest BCUT2D eigenvalue weighted by Gasteiger charge is 2.19. The fourth-order valence-electron chi connectivity index (χ4n) is 3.21. The molecule has 6 nitrogen and oxygen atoms in total. The van der Waals surface area contributed by atoms with E-state index in [0.29, 0.717) is 25.1 Å². The zero-order chi connectivity index (χ0) is 19.8. The van der Waals surface area contributed by atoms with E-state index in [1.54, 1.807) is 11.0 Å². The first-order valence-electron chi connectivity index (χ1n) is 9.63. The highest BCUT2D eigenvalue weighted by molar-refractivity contribution is 5.96. The molecule has 0 spiro atoms. The minimum absolute atomic E-state index is 0.107. The molecule has 1 heterocycles. The minimum atomic E-state index is -0.179. The number of rotatable bonds is 7. The maximum Gasteiger partial charge on any atom is 0.226 e. The Bertz CT molecular complexity index is 836. The first-order chi connectivity index (χ1) is 13.6. The number of anilines is 2. The molecule has 3 amide bonds. The summed E-state index contributed by atoms with van der Waals surface area (Å²) in [6, 6.07) is 16.8. The van der Waals surface area contributed by atoms with Gasteiger partial charge in [-0.3, -0.25) is 14.4 Å². The van der Waals surface area contributed by atoms with E-state index < -0.39 is 0 Å². The molecule has 146 valence electrons. The van der Waals surface area contributed by atoms with Gasteiger partial charge in [0.25, 0.3) is 0 Å². The highest BCUT2D eigenvalue weighted by atomic mass is 16.2. The van der Waals surface area contributed by atoms with Crippen LogP contribution in [0, 0.1) is 0 Å². The normalized spacial score (nSPS) is 13.9. The van der Waals surface area contributed by atoms with Crippen LogP contribution >= 0.6 is 0 Å². The summed E-state index contributed by atoms with van der Waals surface area (Å²) in [5.41, 5.74) is 2.39. The number of nitrogens with zero attached hydrogens (tertiary/aromatic N) is 1. The molecule has 1 fully saturated rings. The number of amides is 3. The molecule has 0 atom stereocenters. The summed E-state index contributed by atoms with van der Waals surface area (Å²) in [7, 11) is 0. The van der Waals surface area contributed by atoms with Gasteiger partial charge < -0.3 is 15.5 Å². The lowest BCUT2D eigenvalue weighted by atomic mass is 10.1. The Kier molecular flexibility index (Phi) is 6.78. The second kappa shape index (κ2) is 9.69. The number of hydrogen-bond acceptors (Lipinski definition) is 3. The summed E-state index contributed by atoms with van der Waals surface area (Å²) in [6.45, 7) is 0.992. The summed E-state index contributed by atoms with van der Waals surface area (Å²) >= 11 is 0.